The number of nitrogens with zero attached hydrogens (tertiary/aromatic N) is 2. The summed E-state index contributed by atoms with van der Waals surface area (Å²) in [7, 11) is -3.82. The van der Waals surface area contributed by atoms with Crippen molar-refractivity contribution in [3.63, 3.8) is 0 Å². The molecule has 2 atom stereocenters. The monoisotopic (exact) mass is 487 g/mol. The van der Waals surface area contributed by atoms with Crippen molar-refractivity contribution in [2.75, 3.05) is 6.26 Å². The average molecular weight is 488 g/mol. The highest BCUT2D eigenvalue weighted by Crippen LogP contribution is 2.50. The van der Waals surface area contributed by atoms with Crippen molar-refractivity contribution in [2.24, 2.45) is 0 Å². The number of aromatic nitrogens is 1. The zero-order valence-electron chi connectivity index (χ0n) is 18.3. The molecular formula is C24H23F2N3O4S. The summed E-state index contributed by atoms with van der Waals surface area (Å²) in [5.74, 6) is -1.00. The van der Waals surface area contributed by atoms with Gasteiger partial charge in [0.2, 0.25) is 10.0 Å². The maximum absolute atomic E-state index is 15.7. The molecule has 3 aromatic rings. The molecule has 2 saturated heterocycles. The van der Waals surface area contributed by atoms with Crippen LogP contribution in [0.4, 0.5) is 8.78 Å². The van der Waals surface area contributed by atoms with Crippen LogP contribution in [0.25, 0.3) is 11.1 Å². The molecule has 0 unspecified atom stereocenters. The number of halogens is 2. The minimum Gasteiger partial charge on any atom is -0.451 e. The Balaban J connectivity index is 1.56. The molecule has 1 saturated carbocycles. The van der Waals surface area contributed by atoms with Crippen molar-refractivity contribution in [2.45, 2.75) is 43.1 Å². The van der Waals surface area contributed by atoms with Gasteiger partial charge in [-0.3, -0.25) is 4.79 Å². The molecule has 3 fully saturated rings. The standard InChI is InChI=1S/C24H23F2N3O4S/c1-34(31,32)28-22-20(10-16-8-5-9-18(21(16)25)15-6-3-2-4-7-15)29(17-11-24(22,26)12-17)23(30)19-13-33-14-27-19/h2-9,13-14,17,20,22,28H,10-12H2,1H3/t17?,20-,22+,24?/m0/s1. The molecule has 1 aromatic heterocycles. The van der Waals surface area contributed by atoms with Gasteiger partial charge in [0.25, 0.3) is 5.91 Å². The molecule has 2 aliphatic heterocycles. The highest BCUT2D eigenvalue weighted by Gasteiger charge is 2.63. The van der Waals surface area contributed by atoms with Crippen LogP contribution in [-0.2, 0) is 16.4 Å². The summed E-state index contributed by atoms with van der Waals surface area (Å²) >= 11 is 0. The number of sulfonamides is 1. The molecule has 3 aliphatic rings. The van der Waals surface area contributed by atoms with Gasteiger partial charge in [-0.15, -0.1) is 0 Å². The van der Waals surface area contributed by atoms with E-state index in [-0.39, 0.29) is 30.5 Å². The molecule has 2 bridgehead atoms. The average Bonchev–Trinajstić information content (AvgIpc) is 3.31. The predicted molar refractivity (Wildman–Crippen MR) is 121 cm³/mol. The van der Waals surface area contributed by atoms with E-state index in [0.29, 0.717) is 11.1 Å². The zero-order valence-corrected chi connectivity index (χ0v) is 19.1. The summed E-state index contributed by atoms with van der Waals surface area (Å²) in [4.78, 5) is 18.6. The summed E-state index contributed by atoms with van der Waals surface area (Å²) in [6.45, 7) is 0. The van der Waals surface area contributed by atoms with E-state index in [9.17, 15) is 13.2 Å². The normalized spacial score (nSPS) is 26.2. The molecule has 1 N–H and O–H groups in total. The highest BCUT2D eigenvalue weighted by atomic mass is 32.2. The Kier molecular flexibility index (Phi) is 5.52. The molecule has 0 spiro atoms. The van der Waals surface area contributed by atoms with Crippen LogP contribution in [0.2, 0.25) is 0 Å². The molecule has 7 nitrogen and oxygen atoms in total. The van der Waals surface area contributed by atoms with E-state index in [2.05, 4.69) is 9.71 Å². The number of hydrogen-bond donors (Lipinski definition) is 1. The van der Waals surface area contributed by atoms with E-state index in [1.807, 2.05) is 6.07 Å². The topological polar surface area (TPSA) is 92.5 Å². The van der Waals surface area contributed by atoms with Crippen LogP contribution >= 0.6 is 0 Å². The molecule has 1 amide bonds. The molecule has 2 aromatic carbocycles. The minimum atomic E-state index is -3.82. The number of alkyl halides is 1. The molecule has 0 radical (unpaired) electrons. The van der Waals surface area contributed by atoms with Gasteiger partial charge in [-0.25, -0.2) is 26.9 Å². The first-order valence-corrected chi connectivity index (χ1v) is 12.8. The van der Waals surface area contributed by atoms with Crippen molar-refractivity contribution in [1.29, 1.82) is 0 Å². The first kappa shape index (κ1) is 22.7. The van der Waals surface area contributed by atoms with E-state index >= 15 is 8.78 Å². The Hall–Kier alpha value is -3.11. The first-order chi connectivity index (χ1) is 16.2. The minimum absolute atomic E-state index is 0.00713. The quantitative estimate of drug-likeness (QED) is 0.576. The van der Waals surface area contributed by atoms with Crippen LogP contribution < -0.4 is 4.72 Å². The Labute approximate surface area is 195 Å². The third-order valence-electron chi connectivity index (χ3n) is 6.66. The highest BCUT2D eigenvalue weighted by molar-refractivity contribution is 7.88. The van der Waals surface area contributed by atoms with Crippen molar-refractivity contribution >= 4 is 15.9 Å². The first-order valence-electron chi connectivity index (χ1n) is 10.9. The van der Waals surface area contributed by atoms with Gasteiger partial charge in [-0.2, -0.15) is 0 Å². The lowest BCUT2D eigenvalue weighted by molar-refractivity contribution is -0.118. The molecule has 3 heterocycles. The Morgan fingerprint density at radius 2 is 1.94 bits per heavy atom. The summed E-state index contributed by atoms with van der Waals surface area (Å²) in [6, 6.07) is 11.3. The number of piperidine rings is 2. The number of oxazole rings is 1. The van der Waals surface area contributed by atoms with Crippen LogP contribution in [0.1, 0.15) is 28.9 Å². The van der Waals surface area contributed by atoms with Crippen LogP contribution in [-0.4, -0.2) is 54.3 Å². The van der Waals surface area contributed by atoms with Gasteiger partial charge >= 0.3 is 0 Å². The van der Waals surface area contributed by atoms with E-state index in [1.54, 1.807) is 42.5 Å². The van der Waals surface area contributed by atoms with E-state index in [1.165, 1.54) is 11.2 Å². The van der Waals surface area contributed by atoms with Gasteiger partial charge in [-0.1, -0.05) is 48.5 Å². The van der Waals surface area contributed by atoms with Crippen LogP contribution in [0.3, 0.4) is 0 Å². The van der Waals surface area contributed by atoms with Crippen LogP contribution in [0.15, 0.2) is 65.6 Å². The van der Waals surface area contributed by atoms with E-state index < -0.39 is 45.5 Å². The van der Waals surface area contributed by atoms with E-state index in [0.717, 1.165) is 12.6 Å². The number of carbonyl (C=O) groups excluding carboxylic acids is 1. The largest absolute Gasteiger partial charge is 0.451 e. The molecular weight excluding hydrogens is 464 g/mol. The molecule has 178 valence electrons. The SMILES string of the molecule is CS(=O)(=O)N[C@@H]1[C@H](Cc2cccc(-c3ccccc3)c2F)N(C(=O)c2cocn2)C2CC1(F)C2. The summed E-state index contributed by atoms with van der Waals surface area (Å²) in [6.07, 6.45) is 3.15. The van der Waals surface area contributed by atoms with Crippen molar-refractivity contribution in [3.8, 4) is 11.1 Å². The number of nitrogens with one attached hydrogen (secondary N) is 1. The maximum atomic E-state index is 15.7. The number of fused-ring (bicyclic) bond motifs is 2. The molecule has 10 heteroatoms. The number of amides is 1. The molecule has 1 aliphatic carbocycles. The van der Waals surface area contributed by atoms with Gasteiger partial charge in [0.1, 0.15) is 17.7 Å². The fourth-order valence-corrected chi connectivity index (χ4v) is 5.98. The fraction of sp³-hybridized carbons (Fsp3) is 0.333. The van der Waals surface area contributed by atoms with Crippen molar-refractivity contribution in [3.05, 3.63) is 78.3 Å². The van der Waals surface area contributed by atoms with Crippen molar-refractivity contribution in [1.82, 2.24) is 14.6 Å². The third-order valence-corrected chi connectivity index (χ3v) is 7.34. The maximum Gasteiger partial charge on any atom is 0.276 e. The third kappa shape index (κ3) is 4.01. The lowest BCUT2D eigenvalue weighted by Gasteiger charge is -2.60. The van der Waals surface area contributed by atoms with Gasteiger partial charge in [0, 0.05) is 24.4 Å². The second-order valence-corrected chi connectivity index (χ2v) is 10.7. The lowest BCUT2D eigenvalue weighted by Crippen LogP contribution is -2.77. The molecule has 6 rings (SSSR count). The lowest BCUT2D eigenvalue weighted by atomic mass is 9.64. The zero-order chi connectivity index (χ0) is 24.1. The Morgan fingerprint density at radius 1 is 1.21 bits per heavy atom. The number of hydrogen-bond acceptors (Lipinski definition) is 5. The smallest absolute Gasteiger partial charge is 0.276 e. The second kappa shape index (κ2) is 8.28. The number of benzene rings is 2. The summed E-state index contributed by atoms with van der Waals surface area (Å²) in [5.41, 5.74) is -0.492. The molecule has 34 heavy (non-hydrogen) atoms. The van der Waals surface area contributed by atoms with Crippen LogP contribution in [0.5, 0.6) is 0 Å². The van der Waals surface area contributed by atoms with Gasteiger partial charge in [0.05, 0.1) is 18.3 Å². The number of carbonyl (C=O) groups is 1. The fourth-order valence-electron chi connectivity index (χ4n) is 5.15. The summed E-state index contributed by atoms with van der Waals surface area (Å²) < 4.78 is 62.9. The van der Waals surface area contributed by atoms with E-state index in [4.69, 9.17) is 4.42 Å². The van der Waals surface area contributed by atoms with Gasteiger partial charge < -0.3 is 9.32 Å². The predicted octanol–water partition coefficient (Wildman–Crippen LogP) is 3.34. The Morgan fingerprint density at radius 3 is 2.59 bits per heavy atom. The second-order valence-electron chi connectivity index (χ2n) is 8.97. The van der Waals surface area contributed by atoms with Gasteiger partial charge in [0.15, 0.2) is 12.1 Å². The van der Waals surface area contributed by atoms with Gasteiger partial charge in [-0.05, 0) is 17.5 Å². The van der Waals surface area contributed by atoms with Crippen LogP contribution in [0, 0.1) is 5.82 Å². The number of rotatable bonds is 6. The summed E-state index contributed by atoms with van der Waals surface area (Å²) in [5, 5.41) is 0. The van der Waals surface area contributed by atoms with Crippen molar-refractivity contribution < 1.29 is 26.4 Å². The Bertz CT molecular complexity index is 1310.